The third kappa shape index (κ3) is 3.41. The van der Waals surface area contributed by atoms with Crippen molar-refractivity contribution in [2.75, 3.05) is 26.0 Å². The van der Waals surface area contributed by atoms with E-state index in [0.29, 0.717) is 0 Å². The summed E-state index contributed by atoms with van der Waals surface area (Å²) >= 11 is 4.51. The molecule has 0 aromatic heterocycles. The van der Waals surface area contributed by atoms with E-state index in [4.69, 9.17) is 0 Å². The summed E-state index contributed by atoms with van der Waals surface area (Å²) in [4.78, 5) is 7.60. The summed E-state index contributed by atoms with van der Waals surface area (Å²) in [5.41, 5.74) is 4.22. The van der Waals surface area contributed by atoms with Crippen LogP contribution in [0.4, 0.5) is 11.4 Å². The van der Waals surface area contributed by atoms with Crippen LogP contribution in [0.3, 0.4) is 0 Å². The van der Waals surface area contributed by atoms with Crippen LogP contribution in [-0.2, 0) is 0 Å². The van der Waals surface area contributed by atoms with Crippen molar-refractivity contribution in [3.8, 4) is 0 Å². The molecule has 19 heavy (non-hydrogen) atoms. The van der Waals surface area contributed by atoms with E-state index in [9.17, 15) is 0 Å². The Hall–Kier alpha value is -1.68. The molecule has 0 saturated carbocycles. The van der Waals surface area contributed by atoms with Crippen molar-refractivity contribution >= 4 is 29.7 Å². The minimum absolute atomic E-state index is 0.843. The average Bonchev–Trinajstić information content (AvgIpc) is 2.41. The highest BCUT2D eigenvalue weighted by atomic mass is 32.1. The van der Waals surface area contributed by atoms with Crippen LogP contribution in [0.25, 0.3) is 0 Å². The average molecular weight is 273 g/mol. The third-order valence-corrected chi connectivity index (χ3v) is 3.37. The van der Waals surface area contributed by atoms with Crippen molar-refractivity contribution in [3.63, 3.8) is 0 Å². The lowest BCUT2D eigenvalue weighted by Crippen LogP contribution is -2.08. The first-order valence-corrected chi connectivity index (χ1v) is 6.69. The van der Waals surface area contributed by atoms with Crippen LogP contribution in [0.15, 0.2) is 52.0 Å². The van der Waals surface area contributed by atoms with Gasteiger partial charge in [-0.15, -0.1) is 12.6 Å². The molecular formula is C15H19N3S. The zero-order valence-corrected chi connectivity index (χ0v) is 12.4. The maximum absolute atomic E-state index is 4.65. The molecule has 0 amide bonds. The van der Waals surface area contributed by atoms with Gasteiger partial charge in [0, 0.05) is 49.6 Å². The van der Waals surface area contributed by atoms with Gasteiger partial charge in [-0.05, 0) is 30.4 Å². The minimum atomic E-state index is 0.843. The Morgan fingerprint density at radius 3 is 2.58 bits per heavy atom. The molecular weight excluding hydrogens is 254 g/mol. The molecule has 0 spiro atoms. The fourth-order valence-corrected chi connectivity index (χ4v) is 2.10. The summed E-state index contributed by atoms with van der Waals surface area (Å²) in [5.74, 6) is 0. The lowest BCUT2D eigenvalue weighted by atomic mass is 10.1. The van der Waals surface area contributed by atoms with Gasteiger partial charge in [-0.25, -0.2) is 0 Å². The second-order valence-corrected chi connectivity index (χ2v) is 5.10. The minimum Gasteiger partial charge on any atom is -0.388 e. The molecule has 0 radical (unpaired) electrons. The van der Waals surface area contributed by atoms with E-state index in [1.165, 1.54) is 0 Å². The van der Waals surface area contributed by atoms with Crippen LogP contribution in [0.5, 0.6) is 0 Å². The van der Waals surface area contributed by atoms with Gasteiger partial charge in [-0.1, -0.05) is 6.08 Å². The lowest BCUT2D eigenvalue weighted by molar-refractivity contribution is 1.02. The van der Waals surface area contributed by atoms with Gasteiger partial charge in [0.05, 0.1) is 5.69 Å². The lowest BCUT2D eigenvalue weighted by Gasteiger charge is -2.14. The number of anilines is 1. The van der Waals surface area contributed by atoms with E-state index in [1.807, 2.05) is 45.4 Å². The number of nitrogens with one attached hydrogen (secondary N) is 1. The molecule has 1 N–H and O–H groups in total. The van der Waals surface area contributed by atoms with Crippen molar-refractivity contribution in [2.45, 2.75) is 11.3 Å². The largest absolute Gasteiger partial charge is 0.388 e. The summed E-state index contributed by atoms with van der Waals surface area (Å²) < 4.78 is 0. The van der Waals surface area contributed by atoms with Crippen molar-refractivity contribution in [2.24, 2.45) is 4.99 Å². The van der Waals surface area contributed by atoms with E-state index in [2.05, 4.69) is 40.0 Å². The first-order valence-electron chi connectivity index (χ1n) is 6.24. The van der Waals surface area contributed by atoms with Crippen LogP contribution >= 0.6 is 12.6 Å². The predicted molar refractivity (Wildman–Crippen MR) is 86.0 cm³/mol. The predicted octanol–water partition coefficient (Wildman–Crippen LogP) is 3.18. The fraction of sp³-hybridized carbons (Fsp3) is 0.267. The Kier molecular flexibility index (Phi) is 4.32. The summed E-state index contributed by atoms with van der Waals surface area (Å²) in [6.45, 7) is 0. The van der Waals surface area contributed by atoms with E-state index < -0.39 is 0 Å². The standard InChI is InChI=1S/C15H19N3S/c1-16-11-4-6-12(7-5-11)17-14-9-8-13(18(2)3)10-15(14)19/h4-6,8-10,16,19H,7H2,1-3H3/b17-12-. The molecule has 2 rings (SSSR count). The molecule has 0 unspecified atom stereocenters. The van der Waals surface area contributed by atoms with Gasteiger partial charge in [0.15, 0.2) is 0 Å². The van der Waals surface area contributed by atoms with E-state index in [0.717, 1.165) is 34.1 Å². The van der Waals surface area contributed by atoms with E-state index in [-0.39, 0.29) is 0 Å². The molecule has 0 fully saturated rings. The van der Waals surface area contributed by atoms with Crippen LogP contribution in [0, 0.1) is 0 Å². The highest BCUT2D eigenvalue weighted by Crippen LogP contribution is 2.28. The molecule has 1 aliphatic rings. The first-order chi connectivity index (χ1) is 9.10. The maximum Gasteiger partial charge on any atom is 0.0767 e. The van der Waals surface area contributed by atoms with Gasteiger partial charge >= 0.3 is 0 Å². The van der Waals surface area contributed by atoms with Crippen molar-refractivity contribution in [3.05, 3.63) is 42.1 Å². The molecule has 0 bridgehead atoms. The molecule has 100 valence electrons. The second kappa shape index (κ2) is 5.97. The number of allylic oxidation sites excluding steroid dienone is 3. The molecule has 3 nitrogen and oxygen atoms in total. The first kappa shape index (κ1) is 13.7. The molecule has 0 atom stereocenters. The van der Waals surface area contributed by atoms with Gasteiger partial charge in [0.1, 0.15) is 0 Å². The van der Waals surface area contributed by atoms with Gasteiger partial charge in [0.25, 0.3) is 0 Å². The monoisotopic (exact) mass is 273 g/mol. The number of thiol groups is 1. The summed E-state index contributed by atoms with van der Waals surface area (Å²) in [6.07, 6.45) is 7.05. The maximum atomic E-state index is 4.65. The Bertz CT molecular complexity index is 557. The van der Waals surface area contributed by atoms with Crippen molar-refractivity contribution in [1.29, 1.82) is 0 Å². The number of likely N-dealkylation sites (N-methyl/N-ethyl adjacent to an activating group) is 1. The Morgan fingerprint density at radius 2 is 2.05 bits per heavy atom. The number of benzene rings is 1. The van der Waals surface area contributed by atoms with E-state index in [1.54, 1.807) is 0 Å². The molecule has 4 heteroatoms. The summed E-state index contributed by atoms with van der Waals surface area (Å²) in [5, 5.41) is 3.12. The van der Waals surface area contributed by atoms with Crippen molar-refractivity contribution in [1.82, 2.24) is 5.32 Å². The Labute approximate surface area is 120 Å². The van der Waals surface area contributed by atoms with Gasteiger partial charge < -0.3 is 10.2 Å². The number of hydrogen-bond acceptors (Lipinski definition) is 4. The van der Waals surface area contributed by atoms with Gasteiger partial charge in [0.2, 0.25) is 0 Å². The third-order valence-electron chi connectivity index (χ3n) is 3.01. The molecule has 0 aliphatic heterocycles. The van der Waals surface area contributed by atoms with Crippen LogP contribution in [0.2, 0.25) is 0 Å². The zero-order valence-electron chi connectivity index (χ0n) is 11.5. The van der Waals surface area contributed by atoms with E-state index >= 15 is 0 Å². The highest BCUT2D eigenvalue weighted by Gasteiger charge is 2.04. The number of aliphatic imine (C=N–C) groups is 1. The molecule has 0 heterocycles. The number of rotatable bonds is 3. The molecule has 1 aromatic rings. The van der Waals surface area contributed by atoms with Crippen LogP contribution in [0.1, 0.15) is 6.42 Å². The Morgan fingerprint density at radius 1 is 1.26 bits per heavy atom. The number of nitrogens with zero attached hydrogens (tertiary/aromatic N) is 2. The van der Waals surface area contributed by atoms with Crippen LogP contribution in [-0.4, -0.2) is 26.9 Å². The molecule has 1 aromatic carbocycles. The highest BCUT2D eigenvalue weighted by molar-refractivity contribution is 7.80. The number of hydrogen-bond donors (Lipinski definition) is 2. The Balaban J connectivity index is 2.21. The smallest absolute Gasteiger partial charge is 0.0767 e. The van der Waals surface area contributed by atoms with Gasteiger partial charge in [-0.2, -0.15) is 0 Å². The SMILES string of the molecule is CNC1=CC/C(=N\c2ccc(N(C)C)cc2S)C=C1. The second-order valence-electron chi connectivity index (χ2n) is 4.62. The quantitative estimate of drug-likeness (QED) is 0.828. The van der Waals surface area contributed by atoms with Gasteiger partial charge in [-0.3, -0.25) is 4.99 Å². The topological polar surface area (TPSA) is 27.6 Å². The molecule has 1 aliphatic carbocycles. The summed E-state index contributed by atoms with van der Waals surface area (Å²) in [7, 11) is 5.95. The molecule has 0 saturated heterocycles. The normalized spacial score (nSPS) is 16.4. The fourth-order valence-electron chi connectivity index (χ4n) is 1.84. The summed E-state index contributed by atoms with van der Waals surface area (Å²) in [6, 6.07) is 6.10. The zero-order chi connectivity index (χ0) is 13.8. The van der Waals surface area contributed by atoms with Crippen LogP contribution < -0.4 is 10.2 Å². The van der Waals surface area contributed by atoms with Crippen molar-refractivity contribution < 1.29 is 0 Å².